The Hall–Kier alpha value is -3.12. The smallest absolute Gasteiger partial charge is 0.225 e. The summed E-state index contributed by atoms with van der Waals surface area (Å²) in [7, 11) is 0. The number of rotatable bonds is 4. The van der Waals surface area contributed by atoms with Gasteiger partial charge in [0.05, 0.1) is 10.7 Å². The molecule has 0 aromatic carbocycles. The Morgan fingerprint density at radius 3 is 2.71 bits per heavy atom. The first-order valence-electron chi connectivity index (χ1n) is 9.09. The van der Waals surface area contributed by atoms with Crippen molar-refractivity contribution in [3.63, 3.8) is 0 Å². The fourth-order valence-electron chi connectivity index (χ4n) is 3.15. The molecule has 0 saturated carbocycles. The van der Waals surface area contributed by atoms with Gasteiger partial charge < -0.3 is 15.5 Å². The van der Waals surface area contributed by atoms with Crippen LogP contribution in [-0.2, 0) is 0 Å². The normalized spacial score (nSPS) is 18.9. The highest BCUT2D eigenvalue weighted by Gasteiger charge is 2.22. The average molecular weight is 392 g/mol. The molecule has 0 bridgehead atoms. The van der Waals surface area contributed by atoms with Gasteiger partial charge in [-0.25, -0.2) is 19.9 Å². The summed E-state index contributed by atoms with van der Waals surface area (Å²) in [4.78, 5) is 19.7. The van der Waals surface area contributed by atoms with E-state index in [9.17, 15) is 5.26 Å². The van der Waals surface area contributed by atoms with Gasteiger partial charge in [-0.15, -0.1) is 0 Å². The molecule has 8 nitrogen and oxygen atoms in total. The van der Waals surface area contributed by atoms with Crippen LogP contribution in [0.5, 0.6) is 0 Å². The molecule has 2 aliphatic rings. The lowest BCUT2D eigenvalue weighted by Gasteiger charge is -2.32. The van der Waals surface area contributed by atoms with E-state index in [1.165, 1.54) is 11.8 Å². The van der Waals surface area contributed by atoms with Crippen LogP contribution < -0.4 is 15.5 Å². The molecule has 0 spiro atoms. The van der Waals surface area contributed by atoms with Crippen LogP contribution in [0, 0.1) is 11.3 Å². The van der Waals surface area contributed by atoms with Crippen LogP contribution in [0.2, 0.25) is 0 Å². The van der Waals surface area contributed by atoms with E-state index in [4.69, 9.17) is 0 Å². The first-order valence-corrected chi connectivity index (χ1v) is 9.97. The maximum Gasteiger partial charge on any atom is 0.225 e. The van der Waals surface area contributed by atoms with Crippen LogP contribution in [0.15, 0.2) is 46.9 Å². The molecule has 142 valence electrons. The SMILES string of the molecule is CC1=CS/C(=C(/C#N)c2ccnc(N3CCC(Nc4ncccn4)CC3)n2)N1. The zero-order valence-electron chi connectivity index (χ0n) is 15.5. The van der Waals surface area contributed by atoms with Crippen molar-refractivity contribution in [3.05, 3.63) is 52.6 Å². The number of hydrogen-bond acceptors (Lipinski definition) is 9. The summed E-state index contributed by atoms with van der Waals surface area (Å²) in [5.41, 5.74) is 2.21. The highest BCUT2D eigenvalue weighted by atomic mass is 32.2. The van der Waals surface area contributed by atoms with E-state index in [0.29, 0.717) is 29.2 Å². The van der Waals surface area contributed by atoms with Crippen molar-refractivity contribution in [2.75, 3.05) is 23.3 Å². The number of nitriles is 1. The van der Waals surface area contributed by atoms with Crippen molar-refractivity contribution in [3.8, 4) is 6.07 Å². The number of nitrogens with zero attached hydrogens (tertiary/aromatic N) is 6. The quantitative estimate of drug-likeness (QED) is 0.760. The van der Waals surface area contributed by atoms with Crippen molar-refractivity contribution in [2.24, 2.45) is 0 Å². The number of allylic oxidation sites excluding steroid dienone is 2. The molecular formula is C19H20N8S. The minimum Gasteiger partial charge on any atom is -0.352 e. The molecule has 0 amide bonds. The maximum absolute atomic E-state index is 9.62. The fourth-order valence-corrected chi connectivity index (χ4v) is 3.99. The zero-order chi connectivity index (χ0) is 19.3. The standard InChI is InChI=1S/C19H20N8S/c1-13-12-28-17(24-13)15(11-20)16-3-8-23-19(26-16)27-9-4-14(5-10-27)25-18-21-6-2-7-22-18/h2-3,6-8,12,14,24H,4-5,9-10H2,1H3,(H,21,22,25)/b17-15-. The van der Waals surface area contributed by atoms with Gasteiger partial charge in [0.2, 0.25) is 11.9 Å². The monoisotopic (exact) mass is 392 g/mol. The van der Waals surface area contributed by atoms with Gasteiger partial charge in [0.1, 0.15) is 11.6 Å². The second-order valence-electron chi connectivity index (χ2n) is 6.58. The van der Waals surface area contributed by atoms with Crippen LogP contribution in [0.4, 0.5) is 11.9 Å². The van der Waals surface area contributed by atoms with Crippen LogP contribution in [-0.4, -0.2) is 39.1 Å². The number of thioether (sulfide) groups is 1. The topological polar surface area (TPSA) is 103 Å². The maximum atomic E-state index is 9.62. The Kier molecular flexibility index (Phi) is 5.39. The first kappa shape index (κ1) is 18.3. The number of hydrogen-bond donors (Lipinski definition) is 2. The second kappa shape index (κ2) is 8.27. The molecule has 1 fully saturated rings. The summed E-state index contributed by atoms with van der Waals surface area (Å²) in [6.07, 6.45) is 7.08. The van der Waals surface area contributed by atoms with Crippen LogP contribution in [0.25, 0.3) is 5.57 Å². The fraction of sp³-hybridized carbons (Fsp3) is 0.316. The van der Waals surface area contributed by atoms with E-state index in [2.05, 4.69) is 41.5 Å². The average Bonchev–Trinajstić information content (AvgIpc) is 3.16. The third-order valence-electron chi connectivity index (χ3n) is 4.58. The Balaban J connectivity index is 1.44. The molecule has 2 N–H and O–H groups in total. The molecule has 28 heavy (non-hydrogen) atoms. The van der Waals surface area contributed by atoms with E-state index in [0.717, 1.165) is 36.7 Å². The number of aromatic nitrogens is 4. The van der Waals surface area contributed by atoms with Crippen LogP contribution in [0.3, 0.4) is 0 Å². The van der Waals surface area contributed by atoms with E-state index in [1.807, 2.05) is 12.3 Å². The molecule has 0 radical (unpaired) electrons. The lowest BCUT2D eigenvalue weighted by atomic mass is 10.1. The van der Waals surface area contributed by atoms with Crippen molar-refractivity contribution in [1.82, 2.24) is 25.3 Å². The van der Waals surface area contributed by atoms with E-state index >= 15 is 0 Å². The summed E-state index contributed by atoms with van der Waals surface area (Å²) in [5.74, 6) is 1.32. The predicted octanol–water partition coefficient (Wildman–Crippen LogP) is 2.74. The Bertz CT molecular complexity index is 942. The van der Waals surface area contributed by atoms with Crippen LogP contribution >= 0.6 is 11.8 Å². The Labute approximate surface area is 167 Å². The number of nitrogens with one attached hydrogen (secondary N) is 2. The van der Waals surface area contributed by atoms with Gasteiger partial charge in [0.15, 0.2) is 0 Å². The molecule has 2 aromatic rings. The van der Waals surface area contributed by atoms with Crippen molar-refractivity contribution in [2.45, 2.75) is 25.8 Å². The summed E-state index contributed by atoms with van der Waals surface area (Å²) in [5, 5.41) is 19.0. The van der Waals surface area contributed by atoms with Crippen molar-refractivity contribution < 1.29 is 0 Å². The van der Waals surface area contributed by atoms with Gasteiger partial charge in [-0.05, 0) is 37.3 Å². The third-order valence-corrected chi connectivity index (χ3v) is 5.59. The second-order valence-corrected chi connectivity index (χ2v) is 7.46. The number of piperidine rings is 1. The van der Waals surface area contributed by atoms with Gasteiger partial charge in [0.25, 0.3) is 0 Å². The lowest BCUT2D eigenvalue weighted by Crippen LogP contribution is -2.40. The highest BCUT2D eigenvalue weighted by Crippen LogP contribution is 2.31. The van der Waals surface area contributed by atoms with E-state index in [1.54, 1.807) is 30.7 Å². The van der Waals surface area contributed by atoms with E-state index in [-0.39, 0.29) is 0 Å². The lowest BCUT2D eigenvalue weighted by molar-refractivity contribution is 0.517. The molecule has 0 atom stereocenters. The Morgan fingerprint density at radius 2 is 2.04 bits per heavy atom. The highest BCUT2D eigenvalue weighted by molar-refractivity contribution is 8.06. The molecule has 1 saturated heterocycles. The summed E-state index contributed by atoms with van der Waals surface area (Å²) >= 11 is 1.51. The molecule has 0 aliphatic carbocycles. The molecule has 2 aromatic heterocycles. The van der Waals surface area contributed by atoms with Crippen molar-refractivity contribution >= 4 is 29.2 Å². The van der Waals surface area contributed by atoms with Gasteiger partial charge in [-0.1, -0.05) is 11.8 Å². The van der Waals surface area contributed by atoms with Crippen LogP contribution in [0.1, 0.15) is 25.5 Å². The van der Waals surface area contributed by atoms with Gasteiger partial charge >= 0.3 is 0 Å². The third kappa shape index (κ3) is 4.07. The van der Waals surface area contributed by atoms with Crippen molar-refractivity contribution in [1.29, 1.82) is 5.26 Å². The summed E-state index contributed by atoms with van der Waals surface area (Å²) in [6.45, 7) is 3.64. The van der Waals surface area contributed by atoms with E-state index < -0.39 is 0 Å². The molecular weight excluding hydrogens is 372 g/mol. The Morgan fingerprint density at radius 1 is 1.25 bits per heavy atom. The van der Waals surface area contributed by atoms with Gasteiger partial charge in [-0.2, -0.15) is 5.26 Å². The zero-order valence-corrected chi connectivity index (χ0v) is 16.3. The van der Waals surface area contributed by atoms with Gasteiger partial charge in [-0.3, -0.25) is 0 Å². The summed E-state index contributed by atoms with van der Waals surface area (Å²) < 4.78 is 0. The van der Waals surface area contributed by atoms with Gasteiger partial charge in [0, 0.05) is 43.4 Å². The molecule has 2 aliphatic heterocycles. The molecule has 4 heterocycles. The minimum atomic E-state index is 0.326. The molecule has 9 heteroatoms. The first-order chi connectivity index (χ1) is 13.7. The molecule has 4 rings (SSSR count). The molecule has 0 unspecified atom stereocenters. The predicted molar refractivity (Wildman–Crippen MR) is 110 cm³/mol. The minimum absolute atomic E-state index is 0.326. The largest absolute Gasteiger partial charge is 0.352 e. The number of anilines is 2. The summed E-state index contributed by atoms with van der Waals surface area (Å²) in [6, 6.07) is 6.19.